The number of hydrogen-bond acceptors (Lipinski definition) is 3. The molecule has 6 heteroatoms. The summed E-state index contributed by atoms with van der Waals surface area (Å²) in [7, 11) is -3.24. The van der Waals surface area contributed by atoms with Crippen LogP contribution in [-0.4, -0.2) is 44.6 Å². The Morgan fingerprint density at radius 3 is 2.68 bits per heavy atom. The van der Waals surface area contributed by atoms with Crippen molar-refractivity contribution in [2.75, 3.05) is 19.3 Å². The first kappa shape index (κ1) is 19.2. The number of likely N-dealkylation sites (tertiary alicyclic amines) is 1. The van der Waals surface area contributed by atoms with E-state index in [1.54, 1.807) is 0 Å². The van der Waals surface area contributed by atoms with Crippen LogP contribution in [0.25, 0.3) is 11.1 Å². The van der Waals surface area contributed by atoms with Gasteiger partial charge < -0.3 is 4.90 Å². The minimum absolute atomic E-state index is 0.00272. The van der Waals surface area contributed by atoms with Crippen molar-refractivity contribution in [3.05, 3.63) is 59.7 Å². The van der Waals surface area contributed by atoms with Crippen LogP contribution < -0.4 is 4.72 Å². The largest absolute Gasteiger partial charge is 0.341 e. The molecule has 3 atom stereocenters. The first-order chi connectivity index (χ1) is 13.3. The Morgan fingerprint density at radius 1 is 1.14 bits per heavy atom. The van der Waals surface area contributed by atoms with Gasteiger partial charge in [0.1, 0.15) is 0 Å². The average Bonchev–Trinajstić information content (AvgIpc) is 3.32. The highest BCUT2D eigenvalue weighted by Crippen LogP contribution is 2.51. The van der Waals surface area contributed by atoms with Crippen molar-refractivity contribution in [1.82, 2.24) is 9.62 Å². The number of amides is 1. The van der Waals surface area contributed by atoms with E-state index in [1.807, 2.05) is 17.0 Å². The molecule has 1 saturated carbocycles. The number of sulfonamides is 1. The summed E-state index contributed by atoms with van der Waals surface area (Å²) in [5.41, 5.74) is 4.84. The summed E-state index contributed by atoms with van der Waals surface area (Å²) < 4.78 is 25.5. The van der Waals surface area contributed by atoms with Crippen LogP contribution in [0.15, 0.2) is 48.5 Å². The number of rotatable bonds is 5. The molecule has 0 radical (unpaired) electrons. The smallest absolute Gasteiger partial charge is 0.226 e. The van der Waals surface area contributed by atoms with Gasteiger partial charge in [-0.2, -0.15) is 0 Å². The van der Waals surface area contributed by atoms with Crippen LogP contribution >= 0.6 is 0 Å². The van der Waals surface area contributed by atoms with E-state index in [1.165, 1.54) is 22.3 Å². The van der Waals surface area contributed by atoms with Crippen LogP contribution in [0.2, 0.25) is 0 Å². The van der Waals surface area contributed by atoms with Crippen molar-refractivity contribution in [2.24, 2.45) is 5.92 Å². The predicted octanol–water partition coefficient (Wildman–Crippen LogP) is 2.92. The standard InChI is InChI=1S/C22H26N2O3S/c1-15-6-5-7-16(12-15)18-8-3-4-9-19(18)20-13-21(20)22(25)24-11-10-17(14-24)23-28(2,26)27/h3-9,12,17,20-21,23H,10-11,13-14H2,1-2H3. The molecule has 5 nitrogen and oxygen atoms in total. The van der Waals surface area contributed by atoms with Gasteiger partial charge in [-0.15, -0.1) is 0 Å². The highest BCUT2D eigenvalue weighted by molar-refractivity contribution is 7.88. The van der Waals surface area contributed by atoms with Gasteiger partial charge in [0.05, 0.1) is 6.26 Å². The Morgan fingerprint density at radius 2 is 1.93 bits per heavy atom. The normalized spacial score (nSPS) is 24.4. The van der Waals surface area contributed by atoms with Crippen molar-refractivity contribution in [3.8, 4) is 11.1 Å². The van der Waals surface area contributed by atoms with Crippen molar-refractivity contribution < 1.29 is 13.2 Å². The first-order valence-electron chi connectivity index (χ1n) is 9.74. The summed E-state index contributed by atoms with van der Waals surface area (Å²) >= 11 is 0. The van der Waals surface area contributed by atoms with E-state index in [0.717, 1.165) is 12.7 Å². The fourth-order valence-electron chi connectivity index (χ4n) is 4.30. The molecule has 2 aromatic rings. The van der Waals surface area contributed by atoms with Crippen molar-refractivity contribution in [1.29, 1.82) is 0 Å². The second-order valence-electron chi connectivity index (χ2n) is 8.07. The number of benzene rings is 2. The van der Waals surface area contributed by atoms with Crippen LogP contribution in [0.5, 0.6) is 0 Å². The molecule has 4 rings (SSSR count). The highest BCUT2D eigenvalue weighted by Gasteiger charge is 2.47. The van der Waals surface area contributed by atoms with Gasteiger partial charge in [0.2, 0.25) is 15.9 Å². The highest BCUT2D eigenvalue weighted by atomic mass is 32.2. The molecule has 0 spiro atoms. The third-order valence-electron chi connectivity index (χ3n) is 5.68. The topological polar surface area (TPSA) is 66.5 Å². The van der Waals surface area contributed by atoms with Crippen LogP contribution in [0, 0.1) is 12.8 Å². The fraction of sp³-hybridized carbons (Fsp3) is 0.409. The molecular formula is C22H26N2O3S. The minimum atomic E-state index is -3.24. The summed E-state index contributed by atoms with van der Waals surface area (Å²) in [6, 6.07) is 16.6. The first-order valence-corrected chi connectivity index (χ1v) is 11.6. The maximum Gasteiger partial charge on any atom is 0.226 e. The maximum absolute atomic E-state index is 13.0. The third-order valence-corrected chi connectivity index (χ3v) is 6.44. The molecule has 2 aliphatic rings. The fourth-order valence-corrected chi connectivity index (χ4v) is 5.10. The quantitative estimate of drug-likeness (QED) is 0.842. The summed E-state index contributed by atoms with van der Waals surface area (Å²) in [5.74, 6) is 0.399. The Balaban J connectivity index is 1.47. The molecule has 28 heavy (non-hydrogen) atoms. The van der Waals surface area contributed by atoms with E-state index in [2.05, 4.69) is 48.0 Å². The van der Waals surface area contributed by atoms with Gasteiger partial charge in [0, 0.05) is 25.0 Å². The van der Waals surface area contributed by atoms with Crippen LogP contribution in [0.3, 0.4) is 0 Å². The zero-order valence-corrected chi connectivity index (χ0v) is 17.1. The Labute approximate surface area is 166 Å². The van der Waals surface area contributed by atoms with E-state index in [4.69, 9.17) is 0 Å². The Bertz CT molecular complexity index is 1000. The van der Waals surface area contributed by atoms with E-state index < -0.39 is 10.0 Å². The summed E-state index contributed by atoms with van der Waals surface area (Å²) in [4.78, 5) is 14.8. The Hall–Kier alpha value is -2.18. The molecule has 2 fully saturated rings. The molecule has 1 amide bonds. The predicted molar refractivity (Wildman–Crippen MR) is 110 cm³/mol. The average molecular weight is 399 g/mol. The summed E-state index contributed by atoms with van der Waals surface area (Å²) in [5, 5.41) is 0. The van der Waals surface area contributed by atoms with E-state index in [0.29, 0.717) is 19.5 Å². The maximum atomic E-state index is 13.0. The number of carbonyl (C=O) groups excluding carboxylic acids is 1. The zero-order valence-electron chi connectivity index (χ0n) is 16.3. The molecule has 0 aromatic heterocycles. The van der Waals surface area contributed by atoms with Crippen molar-refractivity contribution >= 4 is 15.9 Å². The van der Waals surface area contributed by atoms with Gasteiger partial charge in [0.25, 0.3) is 0 Å². The lowest BCUT2D eigenvalue weighted by Crippen LogP contribution is -2.38. The number of nitrogens with one attached hydrogen (secondary N) is 1. The van der Waals surface area contributed by atoms with Gasteiger partial charge >= 0.3 is 0 Å². The third kappa shape index (κ3) is 4.13. The minimum Gasteiger partial charge on any atom is -0.341 e. The van der Waals surface area contributed by atoms with E-state index in [9.17, 15) is 13.2 Å². The van der Waals surface area contributed by atoms with Gasteiger partial charge in [-0.1, -0.05) is 54.1 Å². The summed E-state index contributed by atoms with van der Waals surface area (Å²) in [6.07, 6.45) is 2.70. The molecule has 0 bridgehead atoms. The van der Waals surface area contributed by atoms with Crippen LogP contribution in [-0.2, 0) is 14.8 Å². The molecule has 1 aliphatic carbocycles. The molecule has 3 unspecified atom stereocenters. The number of aryl methyl sites for hydroxylation is 1. The van der Waals surface area contributed by atoms with Crippen LogP contribution in [0.1, 0.15) is 29.9 Å². The second kappa shape index (κ2) is 7.33. The lowest BCUT2D eigenvalue weighted by molar-refractivity contribution is -0.131. The molecule has 1 N–H and O–H groups in total. The van der Waals surface area contributed by atoms with Crippen molar-refractivity contribution in [2.45, 2.75) is 31.7 Å². The lowest BCUT2D eigenvalue weighted by atomic mass is 9.95. The summed E-state index contributed by atoms with van der Waals surface area (Å²) in [6.45, 7) is 3.17. The molecule has 1 aliphatic heterocycles. The SMILES string of the molecule is Cc1cccc(-c2ccccc2C2CC2C(=O)N2CCC(NS(C)(=O)=O)C2)c1. The van der Waals surface area contributed by atoms with Crippen molar-refractivity contribution in [3.63, 3.8) is 0 Å². The van der Waals surface area contributed by atoms with E-state index in [-0.39, 0.29) is 23.8 Å². The molecule has 2 aromatic carbocycles. The molecular weight excluding hydrogens is 372 g/mol. The zero-order chi connectivity index (χ0) is 19.9. The van der Waals surface area contributed by atoms with Gasteiger partial charge in [-0.25, -0.2) is 13.1 Å². The molecule has 1 heterocycles. The molecule has 148 valence electrons. The second-order valence-corrected chi connectivity index (χ2v) is 9.85. The van der Waals surface area contributed by atoms with Gasteiger partial charge in [0.15, 0.2) is 0 Å². The lowest BCUT2D eigenvalue weighted by Gasteiger charge is -2.17. The monoisotopic (exact) mass is 398 g/mol. The van der Waals surface area contributed by atoms with Gasteiger partial charge in [-0.05, 0) is 42.4 Å². The van der Waals surface area contributed by atoms with Gasteiger partial charge in [-0.3, -0.25) is 4.79 Å². The number of nitrogens with zero attached hydrogens (tertiary/aromatic N) is 1. The number of carbonyl (C=O) groups is 1. The Kier molecular flexibility index (Phi) is 5.02. The van der Waals surface area contributed by atoms with Crippen LogP contribution in [0.4, 0.5) is 0 Å². The van der Waals surface area contributed by atoms with E-state index >= 15 is 0 Å². The number of hydrogen-bond donors (Lipinski definition) is 1. The molecule has 1 saturated heterocycles.